The van der Waals surface area contributed by atoms with Gasteiger partial charge in [0.1, 0.15) is 0 Å². The van der Waals surface area contributed by atoms with Crippen molar-refractivity contribution in [3.63, 3.8) is 0 Å². The van der Waals surface area contributed by atoms with Crippen molar-refractivity contribution in [2.45, 2.75) is 34.1 Å². The topological polar surface area (TPSA) is 63.5 Å². The van der Waals surface area contributed by atoms with Crippen molar-refractivity contribution < 1.29 is 4.79 Å². The maximum Gasteiger partial charge on any atom is 0.258 e. The molecular weight excluding hydrogens is 274 g/mol. The van der Waals surface area contributed by atoms with Crippen LogP contribution in [0.5, 0.6) is 0 Å². The third-order valence-electron chi connectivity index (χ3n) is 2.95. The molecule has 1 amide bonds. The molecule has 0 aliphatic rings. The summed E-state index contributed by atoms with van der Waals surface area (Å²) in [6.07, 6.45) is 0.618. The highest BCUT2D eigenvalue weighted by Gasteiger charge is 2.20. The Kier molecular flexibility index (Phi) is 3.94. The van der Waals surface area contributed by atoms with E-state index < -0.39 is 5.41 Å². The molecule has 0 radical (unpaired) electrons. The Morgan fingerprint density at radius 1 is 1.45 bits per heavy atom. The van der Waals surface area contributed by atoms with Crippen molar-refractivity contribution in [1.29, 1.82) is 0 Å². The molecule has 0 atom stereocenters. The van der Waals surface area contributed by atoms with Crippen molar-refractivity contribution in [3.05, 3.63) is 33.2 Å². The number of amides is 1. The van der Waals surface area contributed by atoms with E-state index in [2.05, 4.69) is 10.3 Å². The first-order chi connectivity index (χ1) is 9.29. The van der Waals surface area contributed by atoms with Gasteiger partial charge in [-0.05, 0) is 6.92 Å². The Morgan fingerprint density at radius 3 is 2.80 bits per heavy atom. The first-order valence-electron chi connectivity index (χ1n) is 6.54. The minimum atomic E-state index is -0.397. The number of nitrogens with zero attached hydrogens (tertiary/aromatic N) is 2. The van der Waals surface area contributed by atoms with Gasteiger partial charge in [-0.3, -0.25) is 14.0 Å². The average Bonchev–Trinajstić information content (AvgIpc) is 2.71. The summed E-state index contributed by atoms with van der Waals surface area (Å²) in [6.45, 7) is 7.95. The van der Waals surface area contributed by atoms with Crippen molar-refractivity contribution in [2.24, 2.45) is 5.41 Å². The SMILES string of the molecule is Cc1cc(=O)n2c(CCNC(=O)C(C)(C)C)csc2n1. The van der Waals surface area contributed by atoms with Crippen molar-refractivity contribution in [2.75, 3.05) is 6.54 Å². The standard InChI is InChI=1S/C14H19N3O2S/c1-9-7-11(18)17-10(8-20-13(17)16-9)5-6-15-12(19)14(2,3)4/h7-8H,5-6H2,1-4H3,(H,15,19). The zero-order valence-electron chi connectivity index (χ0n) is 12.2. The van der Waals surface area contributed by atoms with Crippen LogP contribution in [-0.4, -0.2) is 21.8 Å². The minimum absolute atomic E-state index is 0.0124. The monoisotopic (exact) mass is 293 g/mol. The first-order valence-corrected chi connectivity index (χ1v) is 7.42. The summed E-state index contributed by atoms with van der Waals surface area (Å²) in [4.78, 5) is 28.8. The van der Waals surface area contributed by atoms with Gasteiger partial charge >= 0.3 is 0 Å². The normalized spacial score (nSPS) is 11.8. The second-order valence-corrected chi connectivity index (χ2v) is 6.67. The van der Waals surface area contributed by atoms with E-state index in [4.69, 9.17) is 0 Å². The summed E-state index contributed by atoms with van der Waals surface area (Å²) in [5, 5.41) is 4.81. The maximum absolute atomic E-state index is 12.0. The van der Waals surface area contributed by atoms with Gasteiger partial charge in [0.05, 0.1) is 0 Å². The number of fused-ring (bicyclic) bond motifs is 1. The van der Waals surface area contributed by atoms with E-state index in [0.29, 0.717) is 17.9 Å². The molecule has 0 saturated heterocycles. The van der Waals surface area contributed by atoms with Crippen LogP contribution in [0.25, 0.3) is 4.96 Å². The predicted octanol–water partition coefficient (Wildman–Crippen LogP) is 1.77. The number of aromatic nitrogens is 2. The first kappa shape index (κ1) is 14.7. The molecule has 2 rings (SSSR count). The molecule has 6 heteroatoms. The van der Waals surface area contributed by atoms with E-state index in [9.17, 15) is 9.59 Å². The predicted molar refractivity (Wildman–Crippen MR) is 80.2 cm³/mol. The zero-order valence-corrected chi connectivity index (χ0v) is 13.0. The van der Waals surface area contributed by atoms with E-state index in [1.807, 2.05) is 33.1 Å². The molecule has 2 aromatic heterocycles. The molecule has 2 aromatic rings. The lowest BCUT2D eigenvalue weighted by Gasteiger charge is -2.17. The van der Waals surface area contributed by atoms with Crippen LogP contribution in [0.3, 0.4) is 0 Å². The highest BCUT2D eigenvalue weighted by atomic mass is 32.1. The Bertz CT molecular complexity index is 694. The van der Waals surface area contributed by atoms with Crippen LogP contribution in [0.1, 0.15) is 32.2 Å². The van der Waals surface area contributed by atoms with Crippen molar-refractivity contribution in [1.82, 2.24) is 14.7 Å². The Morgan fingerprint density at radius 2 is 2.15 bits per heavy atom. The molecule has 0 aliphatic carbocycles. The van der Waals surface area contributed by atoms with Crippen LogP contribution < -0.4 is 10.9 Å². The number of rotatable bonds is 3. The van der Waals surface area contributed by atoms with Gasteiger partial charge in [0.25, 0.3) is 5.56 Å². The fourth-order valence-electron chi connectivity index (χ4n) is 1.83. The van der Waals surface area contributed by atoms with E-state index in [0.717, 1.165) is 11.4 Å². The summed E-state index contributed by atoms with van der Waals surface area (Å²) >= 11 is 1.45. The average molecular weight is 293 g/mol. The molecule has 0 unspecified atom stereocenters. The van der Waals surface area contributed by atoms with Gasteiger partial charge in [0.2, 0.25) is 5.91 Å². The van der Waals surface area contributed by atoms with Gasteiger partial charge in [0.15, 0.2) is 4.96 Å². The number of aryl methyl sites for hydroxylation is 1. The molecule has 0 bridgehead atoms. The fourth-order valence-corrected chi connectivity index (χ4v) is 2.80. The summed E-state index contributed by atoms with van der Waals surface area (Å²) in [6, 6.07) is 1.52. The Labute approximate surface area is 121 Å². The summed E-state index contributed by atoms with van der Waals surface area (Å²) in [5.74, 6) is 0.0124. The van der Waals surface area contributed by atoms with Crippen LogP contribution in [0.15, 0.2) is 16.2 Å². The number of nitrogens with one attached hydrogen (secondary N) is 1. The summed E-state index contributed by atoms with van der Waals surface area (Å²) in [7, 11) is 0. The van der Waals surface area contributed by atoms with Crippen LogP contribution in [0.2, 0.25) is 0 Å². The molecule has 108 valence electrons. The lowest BCUT2D eigenvalue weighted by Crippen LogP contribution is -2.36. The maximum atomic E-state index is 12.0. The van der Waals surface area contributed by atoms with Gasteiger partial charge in [-0.25, -0.2) is 4.98 Å². The smallest absolute Gasteiger partial charge is 0.258 e. The Hall–Kier alpha value is -1.69. The van der Waals surface area contributed by atoms with E-state index in [-0.39, 0.29) is 11.5 Å². The highest BCUT2D eigenvalue weighted by Crippen LogP contribution is 2.14. The van der Waals surface area contributed by atoms with Gasteiger partial charge in [-0.2, -0.15) is 0 Å². The third-order valence-corrected chi connectivity index (χ3v) is 3.83. The highest BCUT2D eigenvalue weighted by molar-refractivity contribution is 7.15. The molecule has 2 heterocycles. The lowest BCUT2D eigenvalue weighted by atomic mass is 9.96. The quantitative estimate of drug-likeness (QED) is 0.938. The lowest BCUT2D eigenvalue weighted by molar-refractivity contribution is -0.128. The van der Waals surface area contributed by atoms with Gasteiger partial charge in [-0.1, -0.05) is 20.8 Å². The van der Waals surface area contributed by atoms with Crippen molar-refractivity contribution >= 4 is 22.2 Å². The molecule has 5 nitrogen and oxygen atoms in total. The Balaban J connectivity index is 2.12. The molecule has 0 aliphatic heterocycles. The number of hydrogen-bond donors (Lipinski definition) is 1. The number of carbonyl (C=O) groups excluding carboxylic acids is 1. The summed E-state index contributed by atoms with van der Waals surface area (Å²) < 4.78 is 1.61. The van der Waals surface area contributed by atoms with Crippen molar-refractivity contribution in [3.8, 4) is 0 Å². The number of thiazole rings is 1. The van der Waals surface area contributed by atoms with Crippen LogP contribution in [0.4, 0.5) is 0 Å². The molecule has 0 fully saturated rings. The second kappa shape index (κ2) is 5.36. The largest absolute Gasteiger partial charge is 0.355 e. The molecule has 1 N–H and O–H groups in total. The molecule has 0 aromatic carbocycles. The minimum Gasteiger partial charge on any atom is -0.355 e. The van der Waals surface area contributed by atoms with E-state index >= 15 is 0 Å². The molecule has 0 spiro atoms. The van der Waals surface area contributed by atoms with E-state index in [1.54, 1.807) is 4.40 Å². The van der Waals surface area contributed by atoms with Gasteiger partial charge in [0, 0.05) is 41.2 Å². The molecular formula is C14H19N3O2S. The van der Waals surface area contributed by atoms with Crippen LogP contribution in [-0.2, 0) is 11.2 Å². The van der Waals surface area contributed by atoms with Gasteiger partial charge in [-0.15, -0.1) is 11.3 Å². The van der Waals surface area contributed by atoms with E-state index in [1.165, 1.54) is 17.4 Å². The van der Waals surface area contributed by atoms with Gasteiger partial charge < -0.3 is 5.32 Å². The second-order valence-electron chi connectivity index (χ2n) is 5.84. The number of hydrogen-bond acceptors (Lipinski definition) is 4. The van der Waals surface area contributed by atoms with Crippen LogP contribution >= 0.6 is 11.3 Å². The van der Waals surface area contributed by atoms with Crippen LogP contribution in [0, 0.1) is 12.3 Å². The number of carbonyl (C=O) groups is 1. The molecule has 20 heavy (non-hydrogen) atoms. The molecule has 0 saturated carbocycles. The third kappa shape index (κ3) is 3.07. The summed E-state index contributed by atoms with van der Waals surface area (Å²) in [5.41, 5.74) is 1.15. The fraction of sp³-hybridized carbons (Fsp3) is 0.500. The zero-order chi connectivity index (χ0) is 14.9.